The van der Waals surface area contributed by atoms with Gasteiger partial charge in [-0.15, -0.1) is 0 Å². The van der Waals surface area contributed by atoms with Crippen LogP contribution in [0.2, 0.25) is 0 Å². The normalized spacial score (nSPS) is 17.1. The highest BCUT2D eigenvalue weighted by molar-refractivity contribution is 6.07. The molecule has 0 aromatic heterocycles. The van der Waals surface area contributed by atoms with Gasteiger partial charge in [-0.25, -0.2) is 0 Å². The summed E-state index contributed by atoms with van der Waals surface area (Å²) in [6, 6.07) is 7.80. The van der Waals surface area contributed by atoms with Gasteiger partial charge in [0.05, 0.1) is 0 Å². The molecule has 0 atom stereocenters. The summed E-state index contributed by atoms with van der Waals surface area (Å²) in [4.78, 5) is 32.8. The van der Waals surface area contributed by atoms with Crippen molar-refractivity contribution in [2.75, 3.05) is 26.2 Å². The number of hydrogen-bond acceptors (Lipinski definition) is 6. The van der Waals surface area contributed by atoms with Crippen molar-refractivity contribution >= 4 is 23.5 Å². The number of nitrogens with one attached hydrogen (secondary N) is 2. The Labute approximate surface area is 165 Å². The summed E-state index contributed by atoms with van der Waals surface area (Å²) in [6.45, 7) is 5.82. The Morgan fingerprint density at radius 3 is 1.75 bits per heavy atom. The molecular formula is C20H28N6O2. The average Bonchev–Trinajstić information content (AvgIpc) is 2.72. The zero-order chi connectivity index (χ0) is 19.9. The highest BCUT2D eigenvalue weighted by atomic mass is 16.2. The molecular weight excluding hydrogens is 356 g/mol. The molecule has 8 heteroatoms. The molecule has 0 bridgehead atoms. The second-order valence-electron chi connectivity index (χ2n) is 6.93. The first-order valence-electron chi connectivity index (χ1n) is 9.96. The summed E-state index contributed by atoms with van der Waals surface area (Å²) >= 11 is 0. The van der Waals surface area contributed by atoms with Crippen LogP contribution in [0, 0.1) is 0 Å². The first-order valence-corrected chi connectivity index (χ1v) is 9.96. The monoisotopic (exact) mass is 384 g/mol. The number of aliphatic imine (C=N–C) groups is 2. The fourth-order valence-corrected chi connectivity index (χ4v) is 3.03. The fraction of sp³-hybridized carbons (Fsp3) is 0.500. The lowest BCUT2D eigenvalue weighted by atomic mass is 10.1. The zero-order valence-corrected chi connectivity index (χ0v) is 16.6. The van der Waals surface area contributed by atoms with E-state index in [1.54, 1.807) is 10.0 Å². The summed E-state index contributed by atoms with van der Waals surface area (Å²) in [6.07, 6.45) is 3.92. The van der Waals surface area contributed by atoms with Crippen molar-refractivity contribution in [3.8, 4) is 0 Å². The third-order valence-electron chi connectivity index (χ3n) is 4.71. The third kappa shape index (κ3) is 4.68. The highest BCUT2D eigenvalue weighted by Gasteiger charge is 2.23. The number of rotatable bonds is 8. The predicted octanol–water partition coefficient (Wildman–Crippen LogP) is 1.47. The average molecular weight is 384 g/mol. The first kappa shape index (κ1) is 19.9. The quantitative estimate of drug-likeness (QED) is 0.710. The van der Waals surface area contributed by atoms with Crippen LogP contribution in [-0.4, -0.2) is 59.7 Å². The van der Waals surface area contributed by atoms with E-state index in [2.05, 4.69) is 34.7 Å². The van der Waals surface area contributed by atoms with E-state index in [9.17, 15) is 9.59 Å². The maximum absolute atomic E-state index is 12.0. The van der Waals surface area contributed by atoms with E-state index in [-0.39, 0.29) is 24.9 Å². The van der Waals surface area contributed by atoms with Gasteiger partial charge in [-0.05, 0) is 18.9 Å². The smallest absolute Gasteiger partial charge is 0.262 e. The lowest BCUT2D eigenvalue weighted by Crippen LogP contribution is -2.52. The molecule has 3 rings (SSSR count). The SMILES string of the molecule is CCCCN1NC(c2cccc(C3=NCC(=O)N(CCCC)N3)c2)=NCC1=O. The molecule has 150 valence electrons. The maximum atomic E-state index is 12.0. The van der Waals surface area contributed by atoms with Crippen LogP contribution in [0.4, 0.5) is 0 Å². The third-order valence-corrected chi connectivity index (χ3v) is 4.71. The topological polar surface area (TPSA) is 89.4 Å². The molecule has 0 saturated carbocycles. The Kier molecular flexibility index (Phi) is 6.62. The minimum atomic E-state index is -0.0169. The second-order valence-corrected chi connectivity index (χ2v) is 6.93. The van der Waals surface area contributed by atoms with Crippen LogP contribution >= 0.6 is 0 Å². The summed E-state index contributed by atoms with van der Waals surface area (Å²) in [5.74, 6) is 1.31. The Morgan fingerprint density at radius 2 is 1.32 bits per heavy atom. The molecule has 28 heavy (non-hydrogen) atoms. The molecule has 1 aromatic carbocycles. The second kappa shape index (κ2) is 9.34. The van der Waals surface area contributed by atoms with E-state index in [1.165, 1.54) is 0 Å². The molecule has 2 N–H and O–H groups in total. The lowest BCUT2D eigenvalue weighted by Gasteiger charge is -2.29. The standard InChI is InChI=1S/C20H28N6O2/c1-3-5-10-25-17(27)13-21-19(23-25)15-8-7-9-16(12-15)20-22-14-18(28)26(24-20)11-6-4-2/h7-9,12H,3-6,10-11,13-14H2,1-2H3,(H,21,23)(H,22,24). The predicted molar refractivity (Wildman–Crippen MR) is 109 cm³/mol. The van der Waals surface area contributed by atoms with Gasteiger partial charge >= 0.3 is 0 Å². The molecule has 1 aromatic rings. The number of amidine groups is 2. The molecule has 0 aliphatic carbocycles. The Morgan fingerprint density at radius 1 is 0.857 bits per heavy atom. The molecule has 8 nitrogen and oxygen atoms in total. The Balaban J connectivity index is 1.75. The van der Waals surface area contributed by atoms with Crippen molar-refractivity contribution in [3.05, 3.63) is 35.4 Å². The van der Waals surface area contributed by atoms with E-state index in [1.807, 2.05) is 24.3 Å². The van der Waals surface area contributed by atoms with E-state index in [4.69, 9.17) is 0 Å². The molecule has 0 fully saturated rings. The molecule has 0 radical (unpaired) electrons. The van der Waals surface area contributed by atoms with E-state index in [0.29, 0.717) is 24.8 Å². The van der Waals surface area contributed by atoms with Crippen molar-refractivity contribution in [1.82, 2.24) is 20.9 Å². The Hall–Kier alpha value is -2.90. The molecule has 0 saturated heterocycles. The number of hydrogen-bond donors (Lipinski definition) is 2. The number of benzene rings is 1. The molecule has 2 amide bonds. The van der Waals surface area contributed by atoms with Crippen LogP contribution in [0.25, 0.3) is 0 Å². The lowest BCUT2D eigenvalue weighted by molar-refractivity contribution is -0.132. The van der Waals surface area contributed by atoms with Crippen LogP contribution < -0.4 is 10.9 Å². The highest BCUT2D eigenvalue weighted by Crippen LogP contribution is 2.12. The van der Waals surface area contributed by atoms with E-state index < -0.39 is 0 Å². The molecule has 0 spiro atoms. The number of carbonyl (C=O) groups excluding carboxylic acids is 2. The summed E-state index contributed by atoms with van der Waals surface area (Å²) < 4.78 is 0. The minimum absolute atomic E-state index is 0.0169. The largest absolute Gasteiger partial charge is 0.279 e. The van der Waals surface area contributed by atoms with Crippen molar-refractivity contribution in [3.63, 3.8) is 0 Å². The van der Waals surface area contributed by atoms with Gasteiger partial charge in [-0.2, -0.15) is 0 Å². The van der Waals surface area contributed by atoms with Gasteiger partial charge in [0.25, 0.3) is 11.8 Å². The van der Waals surface area contributed by atoms with Crippen molar-refractivity contribution in [1.29, 1.82) is 0 Å². The van der Waals surface area contributed by atoms with Crippen LogP contribution in [0.3, 0.4) is 0 Å². The van der Waals surface area contributed by atoms with Crippen LogP contribution in [0.15, 0.2) is 34.3 Å². The summed E-state index contributed by atoms with van der Waals surface area (Å²) in [5, 5.41) is 3.28. The van der Waals surface area contributed by atoms with Crippen LogP contribution in [0.5, 0.6) is 0 Å². The van der Waals surface area contributed by atoms with Crippen LogP contribution in [-0.2, 0) is 9.59 Å². The summed E-state index contributed by atoms with van der Waals surface area (Å²) in [5.41, 5.74) is 8.04. The molecule has 2 heterocycles. The van der Waals surface area contributed by atoms with Crippen molar-refractivity contribution in [2.45, 2.75) is 39.5 Å². The number of nitrogens with zero attached hydrogens (tertiary/aromatic N) is 4. The number of amides is 2. The fourth-order valence-electron chi connectivity index (χ4n) is 3.03. The first-order chi connectivity index (χ1) is 13.6. The van der Waals surface area contributed by atoms with Gasteiger partial charge in [-0.1, -0.05) is 44.9 Å². The molecule has 2 aliphatic rings. The zero-order valence-electron chi connectivity index (χ0n) is 16.6. The van der Waals surface area contributed by atoms with Gasteiger partial charge < -0.3 is 0 Å². The number of unbranched alkanes of at least 4 members (excludes halogenated alkanes) is 2. The minimum Gasteiger partial charge on any atom is -0.279 e. The van der Waals surface area contributed by atoms with Gasteiger partial charge in [-0.3, -0.25) is 40.4 Å². The molecule has 0 unspecified atom stereocenters. The van der Waals surface area contributed by atoms with Gasteiger partial charge in [0.15, 0.2) is 0 Å². The maximum Gasteiger partial charge on any atom is 0.262 e. The van der Waals surface area contributed by atoms with Gasteiger partial charge in [0.2, 0.25) is 0 Å². The van der Waals surface area contributed by atoms with Gasteiger partial charge in [0, 0.05) is 24.2 Å². The number of carbonyl (C=O) groups is 2. The summed E-state index contributed by atoms with van der Waals surface area (Å²) in [7, 11) is 0. The van der Waals surface area contributed by atoms with E-state index in [0.717, 1.165) is 36.8 Å². The van der Waals surface area contributed by atoms with Gasteiger partial charge in [0.1, 0.15) is 24.8 Å². The number of hydrazine groups is 2. The van der Waals surface area contributed by atoms with E-state index >= 15 is 0 Å². The van der Waals surface area contributed by atoms with Crippen molar-refractivity contribution < 1.29 is 9.59 Å². The Bertz CT molecular complexity index is 727. The van der Waals surface area contributed by atoms with Crippen molar-refractivity contribution in [2.24, 2.45) is 9.98 Å². The molecule has 2 aliphatic heterocycles. The van der Waals surface area contributed by atoms with Crippen LogP contribution in [0.1, 0.15) is 50.7 Å².